The van der Waals surface area contributed by atoms with Gasteiger partial charge >= 0.3 is 0 Å². The second kappa shape index (κ2) is 9.64. The van der Waals surface area contributed by atoms with Gasteiger partial charge in [0.25, 0.3) is 11.6 Å². The normalized spacial score (nSPS) is 14.4. The summed E-state index contributed by atoms with van der Waals surface area (Å²) in [5.74, 6) is 0.0865. The number of ether oxygens (including phenoxy) is 1. The zero-order valence-electron chi connectivity index (χ0n) is 19.2. The van der Waals surface area contributed by atoms with Crippen molar-refractivity contribution in [1.29, 1.82) is 0 Å². The number of nitro benzene ring substituents is 1. The Hall–Kier alpha value is -3.87. The van der Waals surface area contributed by atoms with Crippen molar-refractivity contribution in [2.75, 3.05) is 12.0 Å². The number of fused-ring (bicyclic) bond motifs is 2. The monoisotopic (exact) mass is 518 g/mol. The molecule has 1 aliphatic heterocycles. The summed E-state index contributed by atoms with van der Waals surface area (Å²) >= 11 is 13.2. The van der Waals surface area contributed by atoms with Crippen LogP contribution in [-0.4, -0.2) is 17.9 Å². The van der Waals surface area contributed by atoms with Crippen molar-refractivity contribution in [3.8, 4) is 5.75 Å². The lowest BCUT2D eigenvalue weighted by molar-refractivity contribution is -0.384. The van der Waals surface area contributed by atoms with E-state index < -0.39 is 4.92 Å². The highest BCUT2D eigenvalue weighted by Crippen LogP contribution is 2.46. The van der Waals surface area contributed by atoms with E-state index in [0.717, 1.165) is 22.3 Å². The van der Waals surface area contributed by atoms with Crippen molar-refractivity contribution in [2.24, 2.45) is 0 Å². The highest BCUT2D eigenvalue weighted by molar-refractivity contribution is 6.31. The first-order valence-corrected chi connectivity index (χ1v) is 11.9. The Balaban J connectivity index is 1.73. The molecule has 1 aliphatic rings. The van der Waals surface area contributed by atoms with Gasteiger partial charge in [0.15, 0.2) is 0 Å². The van der Waals surface area contributed by atoms with Crippen LogP contribution in [0.4, 0.5) is 11.4 Å². The van der Waals surface area contributed by atoms with E-state index in [1.807, 2.05) is 54.6 Å². The van der Waals surface area contributed by atoms with E-state index >= 15 is 0 Å². The van der Waals surface area contributed by atoms with Crippen LogP contribution in [0.3, 0.4) is 0 Å². The van der Waals surface area contributed by atoms with Crippen molar-refractivity contribution in [2.45, 2.75) is 12.5 Å². The summed E-state index contributed by atoms with van der Waals surface area (Å²) in [5, 5.41) is 12.2. The Morgan fingerprint density at radius 1 is 0.944 bits per heavy atom. The standard InChI is InChI=1S/C28H20Cl2N2O4/c1-36-21-11-12-22-18(14-21)16-31(28(33)17-6-9-20(10-7-17)32(34)35)26-13-8-19(29)15-24(26)27(22)23-4-2-3-5-25(23)30/h2-15,27H,16H2,1H3. The average Bonchev–Trinajstić information content (AvgIpc) is 3.02. The number of methoxy groups -OCH3 is 1. The number of hydrogen-bond acceptors (Lipinski definition) is 4. The zero-order valence-corrected chi connectivity index (χ0v) is 20.7. The fraction of sp³-hybridized carbons (Fsp3) is 0.107. The molecule has 0 fully saturated rings. The third kappa shape index (κ3) is 4.30. The summed E-state index contributed by atoms with van der Waals surface area (Å²) in [6.07, 6.45) is 0. The van der Waals surface area contributed by atoms with Gasteiger partial charge in [0, 0.05) is 39.3 Å². The number of nitrogens with zero attached hydrogens (tertiary/aromatic N) is 2. The number of benzene rings is 4. The van der Waals surface area contributed by atoms with Crippen LogP contribution in [0.25, 0.3) is 0 Å². The molecule has 4 aromatic rings. The number of rotatable bonds is 4. The fourth-order valence-corrected chi connectivity index (χ4v) is 5.09. The summed E-state index contributed by atoms with van der Waals surface area (Å²) < 4.78 is 5.48. The number of halogens is 2. The van der Waals surface area contributed by atoms with E-state index in [1.165, 1.54) is 24.3 Å². The predicted molar refractivity (Wildman–Crippen MR) is 140 cm³/mol. The molecule has 1 amide bonds. The van der Waals surface area contributed by atoms with Crippen molar-refractivity contribution in [3.63, 3.8) is 0 Å². The van der Waals surface area contributed by atoms with Crippen LogP contribution < -0.4 is 9.64 Å². The summed E-state index contributed by atoms with van der Waals surface area (Å²) in [7, 11) is 1.60. The minimum absolute atomic E-state index is 0.0801. The van der Waals surface area contributed by atoms with Gasteiger partial charge in [0.2, 0.25) is 0 Å². The first kappa shape index (κ1) is 23.9. The van der Waals surface area contributed by atoms with E-state index in [9.17, 15) is 14.9 Å². The third-order valence-corrected chi connectivity index (χ3v) is 6.95. The largest absolute Gasteiger partial charge is 0.497 e. The second-order valence-electron chi connectivity index (χ2n) is 8.42. The number of anilines is 1. The molecule has 180 valence electrons. The Bertz CT molecular complexity index is 1490. The van der Waals surface area contributed by atoms with E-state index in [4.69, 9.17) is 27.9 Å². The lowest BCUT2D eigenvalue weighted by Crippen LogP contribution is -2.30. The van der Waals surface area contributed by atoms with Crippen LogP contribution >= 0.6 is 23.2 Å². The molecule has 0 saturated heterocycles. The van der Waals surface area contributed by atoms with Crippen molar-refractivity contribution < 1.29 is 14.5 Å². The van der Waals surface area contributed by atoms with Gasteiger partial charge < -0.3 is 9.64 Å². The zero-order chi connectivity index (χ0) is 25.4. The Morgan fingerprint density at radius 2 is 1.69 bits per heavy atom. The molecule has 8 heteroatoms. The minimum atomic E-state index is -0.492. The highest BCUT2D eigenvalue weighted by atomic mass is 35.5. The van der Waals surface area contributed by atoms with Gasteiger partial charge in [-0.3, -0.25) is 14.9 Å². The first-order valence-electron chi connectivity index (χ1n) is 11.1. The summed E-state index contributed by atoms with van der Waals surface area (Å²) in [6, 6.07) is 24.5. The quantitative estimate of drug-likeness (QED) is 0.210. The number of nitro groups is 1. The minimum Gasteiger partial charge on any atom is -0.497 e. The molecule has 4 aromatic carbocycles. The molecule has 0 saturated carbocycles. The smallest absolute Gasteiger partial charge is 0.269 e. The maximum atomic E-state index is 13.8. The topological polar surface area (TPSA) is 72.7 Å². The molecule has 0 bridgehead atoms. The number of hydrogen-bond donors (Lipinski definition) is 0. The number of amides is 1. The maximum Gasteiger partial charge on any atom is 0.269 e. The molecule has 0 radical (unpaired) electrons. The number of carbonyl (C=O) groups is 1. The van der Waals surface area contributed by atoms with Gasteiger partial charge in [0.1, 0.15) is 5.75 Å². The second-order valence-corrected chi connectivity index (χ2v) is 9.26. The fourth-order valence-electron chi connectivity index (χ4n) is 4.66. The molecule has 6 nitrogen and oxygen atoms in total. The van der Waals surface area contributed by atoms with Gasteiger partial charge in [-0.25, -0.2) is 0 Å². The molecular weight excluding hydrogens is 499 g/mol. The summed E-state index contributed by atoms with van der Waals surface area (Å²) in [5.41, 5.74) is 4.52. The van der Waals surface area contributed by atoms with Crippen molar-refractivity contribution in [1.82, 2.24) is 0 Å². The van der Waals surface area contributed by atoms with Crippen LogP contribution in [0.2, 0.25) is 10.0 Å². The predicted octanol–water partition coefficient (Wildman–Crippen LogP) is 7.25. The maximum absolute atomic E-state index is 13.8. The molecule has 36 heavy (non-hydrogen) atoms. The van der Waals surface area contributed by atoms with E-state index in [-0.39, 0.29) is 24.1 Å². The Morgan fingerprint density at radius 3 is 2.39 bits per heavy atom. The Kier molecular flexibility index (Phi) is 6.39. The van der Waals surface area contributed by atoms with Crippen molar-refractivity contribution >= 4 is 40.5 Å². The van der Waals surface area contributed by atoms with Gasteiger partial charge in [-0.2, -0.15) is 0 Å². The molecule has 5 rings (SSSR count). The number of non-ortho nitro benzene ring substituents is 1. The van der Waals surface area contributed by atoms with Crippen molar-refractivity contribution in [3.05, 3.63) is 133 Å². The molecule has 0 aromatic heterocycles. The van der Waals surface area contributed by atoms with Gasteiger partial charge in [-0.05, 0) is 70.8 Å². The van der Waals surface area contributed by atoms with Gasteiger partial charge in [-0.15, -0.1) is 0 Å². The SMILES string of the molecule is COc1ccc2c(c1)CN(C(=O)c1ccc([N+](=O)[O-])cc1)c1ccc(Cl)cc1C2c1ccccc1Cl. The van der Waals surface area contributed by atoms with Gasteiger partial charge in [-0.1, -0.05) is 47.5 Å². The lowest BCUT2D eigenvalue weighted by atomic mass is 9.83. The first-order chi connectivity index (χ1) is 17.4. The summed E-state index contributed by atoms with van der Waals surface area (Å²) in [4.78, 5) is 26.1. The third-order valence-electron chi connectivity index (χ3n) is 6.37. The van der Waals surface area contributed by atoms with Gasteiger partial charge in [0.05, 0.1) is 18.6 Å². The molecule has 0 spiro atoms. The average molecular weight is 519 g/mol. The molecule has 1 heterocycles. The Labute approximate surface area is 217 Å². The molecule has 0 aliphatic carbocycles. The molecule has 1 atom stereocenters. The van der Waals surface area contributed by atoms with Crippen LogP contribution in [0.1, 0.15) is 38.5 Å². The highest BCUT2D eigenvalue weighted by Gasteiger charge is 2.33. The molecule has 0 N–H and O–H groups in total. The summed E-state index contributed by atoms with van der Waals surface area (Å²) in [6.45, 7) is 0.262. The lowest BCUT2D eigenvalue weighted by Gasteiger charge is -2.25. The molecule has 1 unspecified atom stereocenters. The number of carbonyl (C=O) groups excluding carboxylic acids is 1. The van der Waals surface area contributed by atoms with Crippen LogP contribution in [-0.2, 0) is 6.54 Å². The van der Waals surface area contributed by atoms with Crippen LogP contribution in [0.5, 0.6) is 5.75 Å². The van der Waals surface area contributed by atoms with E-state index in [1.54, 1.807) is 18.1 Å². The van der Waals surface area contributed by atoms with E-state index in [2.05, 4.69) is 0 Å². The van der Waals surface area contributed by atoms with Crippen LogP contribution in [0.15, 0.2) is 84.9 Å². The molecular formula is C28H20Cl2N2O4. The van der Waals surface area contributed by atoms with E-state index in [0.29, 0.717) is 27.0 Å². The van der Waals surface area contributed by atoms with Crippen LogP contribution in [0, 0.1) is 10.1 Å².